The summed E-state index contributed by atoms with van der Waals surface area (Å²) in [6.07, 6.45) is 4.56. The number of fused-ring (bicyclic) bond motifs is 6. The summed E-state index contributed by atoms with van der Waals surface area (Å²) in [4.78, 5) is 35.7. The molecule has 6 heterocycles. The number of benzene rings is 2. The number of pyridine rings is 1. The van der Waals surface area contributed by atoms with E-state index in [0.29, 0.717) is 90.0 Å². The highest BCUT2D eigenvalue weighted by Gasteiger charge is 2.70. The van der Waals surface area contributed by atoms with Crippen LogP contribution < -0.4 is 9.64 Å². The van der Waals surface area contributed by atoms with Crippen molar-refractivity contribution >= 4 is 41.7 Å². The fourth-order valence-corrected chi connectivity index (χ4v) is 18.5. The van der Waals surface area contributed by atoms with Crippen LogP contribution in [0.3, 0.4) is 0 Å². The summed E-state index contributed by atoms with van der Waals surface area (Å²) >= 11 is 0. The molecule has 0 unspecified atom stereocenters. The van der Waals surface area contributed by atoms with Gasteiger partial charge in [0.25, 0.3) is 5.92 Å². The van der Waals surface area contributed by atoms with E-state index in [9.17, 15) is 13.6 Å². The smallest absolute Gasteiger partial charge is 0.410 e. The lowest BCUT2D eigenvalue weighted by Gasteiger charge is -2.49. The maximum absolute atomic E-state index is 18.1. The number of amides is 1. The second kappa shape index (κ2) is 16.6. The van der Waals surface area contributed by atoms with Gasteiger partial charge in [-0.1, -0.05) is 78.7 Å². The Bertz CT molecular complexity index is 2710. The van der Waals surface area contributed by atoms with E-state index in [0.717, 1.165) is 37.6 Å². The average Bonchev–Trinajstić information content (AvgIpc) is 4.12. The number of halogens is 4. The molecule has 2 saturated carbocycles. The second-order valence-corrected chi connectivity index (χ2v) is 29.1. The molecule has 6 aliphatic rings. The number of carbonyl (C=O) groups is 1. The number of likely N-dealkylation sites (tertiary alicyclic amines) is 1. The number of ether oxygens (including phenoxy) is 2. The first kappa shape index (κ1) is 47.2. The normalized spacial score (nSPS) is 24.7. The standard InChI is InChI=1S/C54H68F4N6O3Si/c1-31(2)68(32(3)4,33(5)6)25-18-37-39(55)16-14-35-12-11-13-38(42(35)37)45-44(56)46-43-40(59-45)26-34(7)47-41-17-15-36(64(41)50(65)67-51(8,9)10)27-63(47)48(43)61-49(60-46)66-30-52(19-20-52)29-62-23-21-53(22-24-62)28-54(53,57)58/h11-14,16,31-34,36,41,47H,15,17,19-24,26-30H2,1-10H3/t34-,36+,41-,47-/m0/s1. The molecule has 4 aromatic rings. The molecular formula is C54H68F4N6O3Si. The SMILES string of the molecule is CC(C)[Si](C#Cc1c(F)ccc2cccc(-c3nc4c5c(nc(OCC6(CN7CCC8(CC7)CC8(F)F)CC6)nc5c3F)N3C[C@H]5CC[C@@H]([C@@H]3[C@@H](C)C4)N5C(=O)OC(C)(C)C)c12)(C(C)C)C(C)C. The van der Waals surface area contributed by atoms with Gasteiger partial charge in [0.2, 0.25) is 0 Å². The lowest BCUT2D eigenvalue weighted by molar-refractivity contribution is 0.00489. The Morgan fingerprint density at radius 2 is 1.62 bits per heavy atom. The van der Waals surface area contributed by atoms with Crippen LogP contribution in [-0.4, -0.2) is 101 Å². The third-order valence-corrected chi connectivity index (χ3v) is 23.4. The minimum Gasteiger partial charge on any atom is -0.463 e. The van der Waals surface area contributed by atoms with Crippen molar-refractivity contribution in [2.45, 2.75) is 167 Å². The van der Waals surface area contributed by atoms with Crippen LogP contribution in [0.25, 0.3) is 32.9 Å². The van der Waals surface area contributed by atoms with Crippen LogP contribution in [0, 0.1) is 39.8 Å². The fraction of sp³-hybridized carbons (Fsp3) is 0.630. The fourth-order valence-electron chi connectivity index (χ4n) is 13.3. The first-order valence-electron chi connectivity index (χ1n) is 25.2. The second-order valence-electron chi connectivity index (χ2n) is 23.5. The Labute approximate surface area is 400 Å². The van der Waals surface area contributed by atoms with Crippen molar-refractivity contribution in [3.63, 3.8) is 0 Å². The van der Waals surface area contributed by atoms with Crippen LogP contribution in [0.1, 0.15) is 125 Å². The summed E-state index contributed by atoms with van der Waals surface area (Å²) in [5.41, 5.74) is 4.49. The van der Waals surface area contributed by atoms with Crippen LogP contribution in [0.5, 0.6) is 6.01 Å². The number of piperidine rings is 1. The number of hydrogen-bond donors (Lipinski definition) is 0. The molecule has 364 valence electrons. The molecule has 4 aliphatic heterocycles. The van der Waals surface area contributed by atoms with E-state index in [4.69, 9.17) is 24.4 Å². The van der Waals surface area contributed by atoms with Gasteiger partial charge in [0.05, 0.1) is 41.4 Å². The van der Waals surface area contributed by atoms with Crippen LogP contribution in [0.15, 0.2) is 30.3 Å². The van der Waals surface area contributed by atoms with E-state index < -0.39 is 36.6 Å². The molecule has 1 spiro atoms. The molecule has 0 radical (unpaired) electrons. The molecule has 68 heavy (non-hydrogen) atoms. The number of hydrogen-bond acceptors (Lipinski definition) is 8. The van der Waals surface area contributed by atoms with Crippen molar-refractivity contribution in [1.82, 2.24) is 24.8 Å². The molecule has 0 N–H and O–H groups in total. The van der Waals surface area contributed by atoms with Crippen molar-refractivity contribution in [1.29, 1.82) is 0 Å². The van der Waals surface area contributed by atoms with Crippen molar-refractivity contribution in [2.75, 3.05) is 37.7 Å². The van der Waals surface area contributed by atoms with Crippen molar-refractivity contribution in [3.8, 4) is 28.7 Å². The molecular weight excluding hydrogens is 885 g/mol. The third-order valence-electron chi connectivity index (χ3n) is 17.1. The summed E-state index contributed by atoms with van der Waals surface area (Å²) in [6.45, 7) is 23.9. The molecule has 10 rings (SSSR count). The number of rotatable bonds is 9. The zero-order valence-electron chi connectivity index (χ0n) is 41.5. The minimum absolute atomic E-state index is 0.0000132. The van der Waals surface area contributed by atoms with Crippen LogP contribution in [-0.2, 0) is 11.2 Å². The summed E-state index contributed by atoms with van der Waals surface area (Å²) < 4.78 is 75.6. The molecule has 2 bridgehead atoms. The molecule has 14 heteroatoms. The molecule has 5 fully saturated rings. The van der Waals surface area contributed by atoms with Gasteiger partial charge in [-0.25, -0.2) is 27.3 Å². The van der Waals surface area contributed by atoms with E-state index in [2.05, 4.69) is 69.7 Å². The van der Waals surface area contributed by atoms with E-state index in [1.807, 2.05) is 37.8 Å². The molecule has 4 atom stereocenters. The van der Waals surface area contributed by atoms with E-state index >= 15 is 8.78 Å². The van der Waals surface area contributed by atoms with Crippen molar-refractivity contribution in [2.24, 2.45) is 16.7 Å². The van der Waals surface area contributed by atoms with Crippen molar-refractivity contribution < 1.29 is 31.8 Å². The van der Waals surface area contributed by atoms with E-state index in [1.54, 1.807) is 12.1 Å². The third kappa shape index (κ3) is 7.84. The predicted octanol–water partition coefficient (Wildman–Crippen LogP) is 12.1. The Kier molecular flexibility index (Phi) is 11.5. The van der Waals surface area contributed by atoms with Gasteiger partial charge in [-0.15, -0.1) is 5.54 Å². The maximum Gasteiger partial charge on any atom is 0.410 e. The largest absolute Gasteiger partial charge is 0.463 e. The summed E-state index contributed by atoms with van der Waals surface area (Å²) in [6, 6.07) is 8.28. The predicted molar refractivity (Wildman–Crippen MR) is 262 cm³/mol. The number of piperazine rings is 1. The number of anilines is 1. The quantitative estimate of drug-likeness (QED) is 0.0932. The van der Waals surface area contributed by atoms with Gasteiger partial charge in [0.1, 0.15) is 36.5 Å². The summed E-state index contributed by atoms with van der Waals surface area (Å²) in [5.74, 6) is 0.218. The number of carbonyl (C=O) groups excluding carboxylic acids is 1. The van der Waals surface area contributed by atoms with Gasteiger partial charge in [-0.05, 0) is 113 Å². The summed E-state index contributed by atoms with van der Waals surface area (Å²) in [7, 11) is -2.30. The molecule has 2 aliphatic carbocycles. The topological polar surface area (TPSA) is 83.9 Å². The van der Waals surface area contributed by atoms with Crippen LogP contribution >= 0.6 is 0 Å². The first-order valence-corrected chi connectivity index (χ1v) is 27.5. The highest BCUT2D eigenvalue weighted by atomic mass is 28.3. The first-order chi connectivity index (χ1) is 32.1. The van der Waals surface area contributed by atoms with Gasteiger partial charge >= 0.3 is 12.1 Å². The van der Waals surface area contributed by atoms with Crippen LogP contribution in [0.2, 0.25) is 16.6 Å². The average molecular weight is 953 g/mol. The molecule has 2 aromatic carbocycles. The maximum atomic E-state index is 18.1. The lowest BCUT2D eigenvalue weighted by Crippen LogP contribution is -2.63. The minimum atomic E-state index is -2.54. The van der Waals surface area contributed by atoms with Crippen molar-refractivity contribution in [3.05, 3.63) is 53.2 Å². The van der Waals surface area contributed by atoms with Gasteiger partial charge in [-0.3, -0.25) is 4.90 Å². The zero-order valence-corrected chi connectivity index (χ0v) is 42.5. The van der Waals surface area contributed by atoms with Gasteiger partial charge in [-0.2, -0.15) is 9.97 Å². The molecule has 2 aromatic heterocycles. The van der Waals surface area contributed by atoms with Gasteiger partial charge < -0.3 is 19.3 Å². The Balaban J connectivity index is 1.08. The monoisotopic (exact) mass is 953 g/mol. The number of nitrogens with zero attached hydrogens (tertiary/aromatic N) is 6. The Hall–Kier alpha value is -4.48. The van der Waals surface area contributed by atoms with Gasteiger partial charge in [0, 0.05) is 41.3 Å². The number of alkyl halides is 2. The zero-order chi connectivity index (χ0) is 48.5. The molecule has 3 saturated heterocycles. The molecule has 9 nitrogen and oxygen atoms in total. The highest BCUT2D eigenvalue weighted by Crippen LogP contribution is 2.66. The molecule has 1 amide bonds. The summed E-state index contributed by atoms with van der Waals surface area (Å²) in [5, 5.41) is 1.76. The van der Waals surface area contributed by atoms with Crippen LogP contribution in [0.4, 0.5) is 28.2 Å². The van der Waals surface area contributed by atoms with E-state index in [1.165, 1.54) is 6.07 Å². The lowest BCUT2D eigenvalue weighted by atomic mass is 9.88. The number of aromatic nitrogens is 3. The highest BCUT2D eigenvalue weighted by molar-refractivity contribution is 6.90. The Morgan fingerprint density at radius 3 is 2.25 bits per heavy atom. The Morgan fingerprint density at radius 1 is 0.926 bits per heavy atom. The van der Waals surface area contributed by atoms with E-state index in [-0.39, 0.29) is 64.8 Å². The van der Waals surface area contributed by atoms with Gasteiger partial charge in [0.15, 0.2) is 5.82 Å².